The van der Waals surface area contributed by atoms with Gasteiger partial charge in [-0.1, -0.05) is 13.8 Å². The first-order valence-electron chi connectivity index (χ1n) is 4.51. The number of rotatable bonds is 2. The number of benzene rings is 1. The van der Waals surface area contributed by atoms with Gasteiger partial charge >= 0.3 is 0 Å². The van der Waals surface area contributed by atoms with E-state index in [2.05, 4.69) is 0 Å². The van der Waals surface area contributed by atoms with Gasteiger partial charge in [0.1, 0.15) is 5.82 Å². The van der Waals surface area contributed by atoms with Gasteiger partial charge in [-0.25, -0.2) is 4.39 Å². The fourth-order valence-electron chi connectivity index (χ4n) is 1.23. The maximum Gasteiger partial charge on any atom is 0.128 e. The number of hydrogen-bond acceptors (Lipinski definition) is 2. The van der Waals surface area contributed by atoms with Crippen molar-refractivity contribution in [2.45, 2.75) is 19.9 Å². The summed E-state index contributed by atoms with van der Waals surface area (Å²) in [5, 5.41) is 8.66. The average Bonchev–Trinajstić information content (AvgIpc) is 2.17. The van der Waals surface area contributed by atoms with E-state index in [1.54, 1.807) is 0 Å². The van der Waals surface area contributed by atoms with E-state index in [-0.39, 0.29) is 17.8 Å². The molecule has 0 aromatic heterocycles. The van der Waals surface area contributed by atoms with E-state index in [1.807, 2.05) is 19.9 Å². The predicted octanol–water partition coefficient (Wildman–Crippen LogP) is 2.35. The zero-order chi connectivity index (χ0) is 10.7. The Hall–Kier alpha value is -1.40. The molecule has 74 valence electrons. The third-order valence-corrected chi connectivity index (χ3v) is 2.20. The van der Waals surface area contributed by atoms with Gasteiger partial charge in [-0.05, 0) is 24.1 Å². The van der Waals surface area contributed by atoms with E-state index in [1.165, 1.54) is 18.2 Å². The molecule has 3 heteroatoms. The van der Waals surface area contributed by atoms with Crippen molar-refractivity contribution in [1.82, 2.24) is 0 Å². The summed E-state index contributed by atoms with van der Waals surface area (Å²) in [6, 6.07) is 5.86. The molecule has 1 atom stereocenters. The van der Waals surface area contributed by atoms with Gasteiger partial charge in [0, 0.05) is 11.6 Å². The van der Waals surface area contributed by atoms with E-state index in [0.717, 1.165) is 0 Å². The van der Waals surface area contributed by atoms with Crippen LogP contribution < -0.4 is 5.73 Å². The summed E-state index contributed by atoms with van der Waals surface area (Å²) in [6.45, 7) is 3.84. The van der Waals surface area contributed by atoms with E-state index < -0.39 is 0 Å². The molecular weight excluding hydrogens is 179 g/mol. The summed E-state index contributed by atoms with van der Waals surface area (Å²) < 4.78 is 13.3. The first kappa shape index (κ1) is 10.7. The first-order valence-corrected chi connectivity index (χ1v) is 4.51. The highest BCUT2D eigenvalue weighted by Gasteiger charge is 2.15. The van der Waals surface area contributed by atoms with E-state index in [0.29, 0.717) is 11.1 Å². The van der Waals surface area contributed by atoms with Crippen molar-refractivity contribution in [2.24, 2.45) is 11.7 Å². The molecular formula is C11H13FN2. The van der Waals surface area contributed by atoms with Crippen LogP contribution in [0.1, 0.15) is 31.0 Å². The Morgan fingerprint density at radius 1 is 1.43 bits per heavy atom. The van der Waals surface area contributed by atoms with Crippen molar-refractivity contribution >= 4 is 0 Å². The summed E-state index contributed by atoms with van der Waals surface area (Å²) in [7, 11) is 0. The van der Waals surface area contributed by atoms with Crippen molar-refractivity contribution in [2.75, 3.05) is 0 Å². The average molecular weight is 192 g/mol. The SMILES string of the molecule is CC(C)[C@H](N)c1cc(C#N)ccc1F. The zero-order valence-electron chi connectivity index (χ0n) is 8.29. The normalized spacial score (nSPS) is 12.6. The molecule has 1 aromatic rings. The second-order valence-corrected chi connectivity index (χ2v) is 3.62. The van der Waals surface area contributed by atoms with Crippen molar-refractivity contribution < 1.29 is 4.39 Å². The maximum atomic E-state index is 13.3. The molecule has 2 N–H and O–H groups in total. The molecule has 0 saturated carbocycles. The number of nitriles is 1. The molecule has 0 radical (unpaired) electrons. The number of nitrogens with two attached hydrogens (primary N) is 1. The molecule has 2 nitrogen and oxygen atoms in total. The monoisotopic (exact) mass is 192 g/mol. The Morgan fingerprint density at radius 2 is 2.07 bits per heavy atom. The van der Waals surface area contributed by atoms with Gasteiger partial charge in [0.15, 0.2) is 0 Å². The lowest BCUT2D eigenvalue weighted by Gasteiger charge is -2.16. The molecule has 0 aliphatic rings. The molecule has 0 aliphatic carbocycles. The van der Waals surface area contributed by atoms with Crippen LogP contribution in [0.15, 0.2) is 18.2 Å². The fourth-order valence-corrected chi connectivity index (χ4v) is 1.23. The molecule has 0 bridgehead atoms. The summed E-state index contributed by atoms with van der Waals surface area (Å²) in [5.74, 6) is -0.191. The molecule has 1 aromatic carbocycles. The maximum absolute atomic E-state index is 13.3. The Bertz CT molecular complexity index is 366. The lowest BCUT2D eigenvalue weighted by atomic mass is 9.95. The zero-order valence-corrected chi connectivity index (χ0v) is 8.29. The van der Waals surface area contributed by atoms with E-state index in [9.17, 15) is 4.39 Å². The highest BCUT2D eigenvalue weighted by molar-refractivity contribution is 5.35. The molecule has 1 rings (SSSR count). The largest absolute Gasteiger partial charge is 0.324 e. The highest BCUT2D eigenvalue weighted by Crippen LogP contribution is 2.22. The van der Waals surface area contributed by atoms with Crippen LogP contribution in [-0.2, 0) is 0 Å². The van der Waals surface area contributed by atoms with Gasteiger partial charge in [-0.2, -0.15) is 5.26 Å². The molecule has 0 heterocycles. The second kappa shape index (κ2) is 4.21. The molecule has 0 fully saturated rings. The van der Waals surface area contributed by atoms with Gasteiger partial charge < -0.3 is 5.73 Å². The smallest absolute Gasteiger partial charge is 0.128 e. The predicted molar refractivity (Wildman–Crippen MR) is 52.9 cm³/mol. The lowest BCUT2D eigenvalue weighted by molar-refractivity contribution is 0.485. The Labute approximate surface area is 83.2 Å². The number of hydrogen-bond donors (Lipinski definition) is 1. The van der Waals surface area contributed by atoms with E-state index >= 15 is 0 Å². The van der Waals surface area contributed by atoms with Gasteiger partial charge in [-0.15, -0.1) is 0 Å². The van der Waals surface area contributed by atoms with Crippen molar-refractivity contribution in [3.63, 3.8) is 0 Å². The van der Waals surface area contributed by atoms with Crippen molar-refractivity contribution in [1.29, 1.82) is 5.26 Å². The molecule has 14 heavy (non-hydrogen) atoms. The van der Waals surface area contributed by atoms with Gasteiger partial charge in [0.2, 0.25) is 0 Å². The third kappa shape index (κ3) is 2.09. The van der Waals surface area contributed by atoms with Crippen LogP contribution in [0.5, 0.6) is 0 Å². The summed E-state index contributed by atoms with van der Waals surface area (Å²) in [6.07, 6.45) is 0. The Kier molecular flexibility index (Phi) is 3.21. The van der Waals surface area contributed by atoms with Crippen molar-refractivity contribution in [3.05, 3.63) is 35.1 Å². The minimum Gasteiger partial charge on any atom is -0.324 e. The quantitative estimate of drug-likeness (QED) is 0.781. The Morgan fingerprint density at radius 3 is 2.57 bits per heavy atom. The van der Waals surface area contributed by atoms with Crippen LogP contribution >= 0.6 is 0 Å². The number of nitrogens with zero attached hydrogens (tertiary/aromatic N) is 1. The van der Waals surface area contributed by atoms with Gasteiger partial charge in [-0.3, -0.25) is 0 Å². The molecule has 0 aliphatic heterocycles. The lowest BCUT2D eigenvalue weighted by Crippen LogP contribution is -2.18. The minimum absolute atomic E-state index is 0.151. The minimum atomic E-state index is -0.358. The number of halogens is 1. The molecule has 0 saturated heterocycles. The van der Waals surface area contributed by atoms with E-state index in [4.69, 9.17) is 11.0 Å². The summed E-state index contributed by atoms with van der Waals surface area (Å²) in [4.78, 5) is 0. The highest BCUT2D eigenvalue weighted by atomic mass is 19.1. The van der Waals surface area contributed by atoms with Crippen LogP contribution in [0.2, 0.25) is 0 Å². The topological polar surface area (TPSA) is 49.8 Å². The second-order valence-electron chi connectivity index (χ2n) is 3.62. The Balaban J connectivity index is 3.13. The third-order valence-electron chi connectivity index (χ3n) is 2.20. The van der Waals surface area contributed by atoms with Crippen LogP contribution in [0.25, 0.3) is 0 Å². The summed E-state index contributed by atoms with van der Waals surface area (Å²) >= 11 is 0. The van der Waals surface area contributed by atoms with Gasteiger partial charge in [0.25, 0.3) is 0 Å². The first-order chi connectivity index (χ1) is 6.56. The summed E-state index contributed by atoms with van der Waals surface area (Å²) in [5.41, 5.74) is 6.67. The van der Waals surface area contributed by atoms with Crippen LogP contribution in [0.3, 0.4) is 0 Å². The molecule has 0 amide bonds. The molecule has 0 spiro atoms. The van der Waals surface area contributed by atoms with Crippen LogP contribution in [-0.4, -0.2) is 0 Å². The van der Waals surface area contributed by atoms with Crippen LogP contribution in [0, 0.1) is 23.1 Å². The van der Waals surface area contributed by atoms with Gasteiger partial charge in [0.05, 0.1) is 11.6 Å². The van der Waals surface area contributed by atoms with Crippen LogP contribution in [0.4, 0.5) is 4.39 Å². The fraction of sp³-hybridized carbons (Fsp3) is 0.364. The van der Waals surface area contributed by atoms with Crippen molar-refractivity contribution in [3.8, 4) is 6.07 Å². The standard InChI is InChI=1S/C11H13FN2/c1-7(2)11(14)9-5-8(6-13)3-4-10(9)12/h3-5,7,11H,14H2,1-2H3/t11-/m0/s1. The molecule has 0 unspecified atom stereocenters.